The molecule has 0 radical (unpaired) electrons. The Hall–Kier alpha value is -0.610. The molecule has 2 aliphatic carbocycles. The lowest BCUT2D eigenvalue weighted by Crippen LogP contribution is -2.42. The van der Waals surface area contributed by atoms with Crippen LogP contribution in [0.3, 0.4) is 0 Å². The number of esters is 1. The molecule has 7 atom stereocenters. The van der Waals surface area contributed by atoms with E-state index in [2.05, 4.69) is 13.8 Å². The van der Waals surface area contributed by atoms with Gasteiger partial charge in [0.2, 0.25) is 6.29 Å². The van der Waals surface area contributed by atoms with Crippen molar-refractivity contribution in [3.63, 3.8) is 0 Å². The van der Waals surface area contributed by atoms with Crippen molar-refractivity contribution >= 4 is 5.97 Å². The van der Waals surface area contributed by atoms with Crippen molar-refractivity contribution in [2.75, 3.05) is 7.11 Å². The van der Waals surface area contributed by atoms with E-state index >= 15 is 0 Å². The maximum Gasteiger partial charge on any atom is 0.340 e. The van der Waals surface area contributed by atoms with Crippen molar-refractivity contribution in [3.8, 4) is 0 Å². The SMILES string of the molecule is COC1CCC[C@@]2(C)C1CC[C@@H]2[C@H](C)CCC[C@@]1(C)O[C@H](C)OC1=O. The van der Waals surface area contributed by atoms with Crippen molar-refractivity contribution in [1.29, 1.82) is 0 Å². The highest BCUT2D eigenvalue weighted by Gasteiger charge is 2.52. The minimum atomic E-state index is -0.743. The van der Waals surface area contributed by atoms with Crippen molar-refractivity contribution < 1.29 is 19.0 Å². The second kappa shape index (κ2) is 7.19. The number of ether oxygens (including phenoxy) is 3. The summed E-state index contributed by atoms with van der Waals surface area (Å²) in [4.78, 5) is 12.0. The Morgan fingerprint density at radius 1 is 1.28 bits per heavy atom. The van der Waals surface area contributed by atoms with Crippen LogP contribution in [0, 0.1) is 23.2 Å². The van der Waals surface area contributed by atoms with E-state index in [4.69, 9.17) is 14.2 Å². The Bertz CT molecular complexity index is 492. The van der Waals surface area contributed by atoms with Crippen LogP contribution in [0.2, 0.25) is 0 Å². The van der Waals surface area contributed by atoms with Gasteiger partial charge in [0.1, 0.15) is 0 Å². The zero-order valence-electron chi connectivity index (χ0n) is 16.7. The third-order valence-corrected chi connectivity index (χ3v) is 7.57. The molecule has 0 aromatic rings. The van der Waals surface area contributed by atoms with Crippen molar-refractivity contribution in [2.45, 2.75) is 97.1 Å². The molecule has 0 aromatic heterocycles. The summed E-state index contributed by atoms with van der Waals surface area (Å²) in [5, 5.41) is 0. The topological polar surface area (TPSA) is 44.8 Å². The molecular weight excluding hydrogens is 316 g/mol. The largest absolute Gasteiger partial charge is 0.434 e. The van der Waals surface area contributed by atoms with Crippen LogP contribution in [0.5, 0.6) is 0 Å². The summed E-state index contributed by atoms with van der Waals surface area (Å²) in [6.45, 7) is 8.59. The van der Waals surface area contributed by atoms with Crippen LogP contribution >= 0.6 is 0 Å². The number of fused-ring (bicyclic) bond motifs is 1. The molecule has 0 aromatic carbocycles. The van der Waals surface area contributed by atoms with Crippen LogP contribution in [0.1, 0.15) is 79.1 Å². The molecule has 144 valence electrons. The van der Waals surface area contributed by atoms with E-state index in [9.17, 15) is 4.79 Å². The Balaban J connectivity index is 1.55. The summed E-state index contributed by atoms with van der Waals surface area (Å²) < 4.78 is 16.7. The lowest BCUT2D eigenvalue weighted by molar-refractivity contribution is -0.144. The maximum atomic E-state index is 12.0. The summed E-state index contributed by atoms with van der Waals surface area (Å²) in [5.74, 6) is 1.99. The van der Waals surface area contributed by atoms with Gasteiger partial charge in [-0.05, 0) is 75.5 Å². The highest BCUT2D eigenvalue weighted by Crippen LogP contribution is 2.58. The van der Waals surface area contributed by atoms with E-state index in [-0.39, 0.29) is 5.97 Å². The van der Waals surface area contributed by atoms with E-state index in [0.717, 1.165) is 31.1 Å². The predicted molar refractivity (Wildman–Crippen MR) is 97.0 cm³/mol. The summed E-state index contributed by atoms with van der Waals surface area (Å²) in [6.07, 6.45) is 9.50. The van der Waals surface area contributed by atoms with Gasteiger partial charge in [0.05, 0.1) is 6.10 Å². The summed E-state index contributed by atoms with van der Waals surface area (Å²) in [6, 6.07) is 0. The van der Waals surface area contributed by atoms with Crippen LogP contribution in [0.4, 0.5) is 0 Å². The average Bonchev–Trinajstić information content (AvgIpc) is 3.03. The molecule has 3 fully saturated rings. The molecule has 0 amide bonds. The molecule has 1 heterocycles. The minimum Gasteiger partial charge on any atom is -0.434 e. The lowest BCUT2D eigenvalue weighted by Gasteiger charge is -2.46. The Morgan fingerprint density at radius 3 is 2.68 bits per heavy atom. The van der Waals surface area contributed by atoms with Crippen LogP contribution in [0.15, 0.2) is 0 Å². The molecule has 3 aliphatic rings. The van der Waals surface area contributed by atoms with Gasteiger partial charge < -0.3 is 14.2 Å². The molecule has 0 N–H and O–H groups in total. The number of cyclic esters (lactones) is 1. The van der Waals surface area contributed by atoms with Crippen LogP contribution < -0.4 is 0 Å². The van der Waals surface area contributed by atoms with Crippen molar-refractivity contribution in [3.05, 3.63) is 0 Å². The van der Waals surface area contributed by atoms with Crippen molar-refractivity contribution in [1.82, 2.24) is 0 Å². The summed E-state index contributed by atoms with van der Waals surface area (Å²) in [7, 11) is 1.88. The molecule has 1 aliphatic heterocycles. The number of rotatable bonds is 6. The average molecular weight is 353 g/mol. The zero-order valence-corrected chi connectivity index (χ0v) is 16.7. The number of carbonyl (C=O) groups excluding carboxylic acids is 1. The van der Waals surface area contributed by atoms with E-state index in [0.29, 0.717) is 17.4 Å². The first kappa shape index (κ1) is 19.2. The second-order valence-electron chi connectivity index (χ2n) is 9.15. The van der Waals surface area contributed by atoms with Gasteiger partial charge in [0.15, 0.2) is 5.60 Å². The quantitative estimate of drug-likeness (QED) is 0.650. The van der Waals surface area contributed by atoms with Gasteiger partial charge in [0, 0.05) is 7.11 Å². The summed E-state index contributed by atoms with van der Waals surface area (Å²) in [5.41, 5.74) is -0.313. The third kappa shape index (κ3) is 3.49. The number of hydrogen-bond acceptors (Lipinski definition) is 4. The van der Waals surface area contributed by atoms with E-state index < -0.39 is 11.9 Å². The minimum absolute atomic E-state index is 0.198. The highest BCUT2D eigenvalue weighted by atomic mass is 16.8. The molecule has 25 heavy (non-hydrogen) atoms. The second-order valence-corrected chi connectivity index (χ2v) is 9.15. The molecule has 4 heteroatoms. The van der Waals surface area contributed by atoms with Crippen molar-refractivity contribution in [2.24, 2.45) is 23.2 Å². The molecule has 3 rings (SSSR count). The van der Waals surface area contributed by atoms with Gasteiger partial charge in [-0.25, -0.2) is 4.79 Å². The molecule has 1 saturated heterocycles. The number of methoxy groups -OCH3 is 1. The Morgan fingerprint density at radius 2 is 2.04 bits per heavy atom. The summed E-state index contributed by atoms with van der Waals surface area (Å²) >= 11 is 0. The highest BCUT2D eigenvalue weighted by molar-refractivity contribution is 5.80. The Labute approximate surface area is 153 Å². The smallest absolute Gasteiger partial charge is 0.340 e. The first-order chi connectivity index (χ1) is 11.8. The van der Waals surface area contributed by atoms with Crippen LogP contribution in [-0.2, 0) is 19.0 Å². The fraction of sp³-hybridized carbons (Fsp3) is 0.952. The van der Waals surface area contributed by atoms with Gasteiger partial charge in [0.25, 0.3) is 0 Å². The van der Waals surface area contributed by atoms with Crippen LogP contribution in [-0.4, -0.2) is 31.1 Å². The van der Waals surface area contributed by atoms with Gasteiger partial charge in [-0.3, -0.25) is 0 Å². The predicted octanol–water partition coefficient (Wildman–Crippen LogP) is 4.70. The van der Waals surface area contributed by atoms with Gasteiger partial charge in [-0.2, -0.15) is 0 Å². The molecule has 2 unspecified atom stereocenters. The molecule has 0 bridgehead atoms. The lowest BCUT2D eigenvalue weighted by atomic mass is 9.61. The normalized spacial score (nSPS) is 45.2. The monoisotopic (exact) mass is 352 g/mol. The van der Waals surface area contributed by atoms with Gasteiger partial charge in [-0.1, -0.05) is 26.7 Å². The molecule has 2 saturated carbocycles. The number of carbonyl (C=O) groups is 1. The standard InChI is InChI=1S/C21H36O4/c1-14(8-6-13-21(4)19(22)24-15(2)25-21)16-10-11-17-18(23-5)9-7-12-20(16,17)3/h14-18H,6-13H2,1-5H3/t14-,15-,16-,17?,18?,20-,21-/m1/s1. The molecule has 4 nitrogen and oxygen atoms in total. The molecular formula is C21H36O4. The van der Waals surface area contributed by atoms with Gasteiger partial charge >= 0.3 is 5.97 Å². The molecule has 0 spiro atoms. The third-order valence-electron chi connectivity index (χ3n) is 7.57. The zero-order chi connectivity index (χ0) is 18.2. The maximum absolute atomic E-state index is 12.0. The van der Waals surface area contributed by atoms with E-state index in [1.807, 2.05) is 14.0 Å². The van der Waals surface area contributed by atoms with Crippen LogP contribution in [0.25, 0.3) is 0 Å². The fourth-order valence-corrected chi connectivity index (χ4v) is 6.21. The van der Waals surface area contributed by atoms with E-state index in [1.54, 1.807) is 6.92 Å². The fourth-order valence-electron chi connectivity index (χ4n) is 6.21. The number of hydrogen-bond donors (Lipinski definition) is 0. The van der Waals surface area contributed by atoms with E-state index in [1.165, 1.54) is 32.1 Å². The Kier molecular flexibility index (Phi) is 5.51. The first-order valence-corrected chi connectivity index (χ1v) is 10.2. The van der Waals surface area contributed by atoms with Gasteiger partial charge in [-0.15, -0.1) is 0 Å². The first-order valence-electron chi connectivity index (χ1n) is 10.2.